The van der Waals surface area contributed by atoms with Crippen molar-refractivity contribution in [2.45, 2.75) is 39.0 Å². The third kappa shape index (κ3) is 8.40. The molecular formula is C24H30Cl2N2O2S. The van der Waals surface area contributed by atoms with Crippen molar-refractivity contribution in [3.63, 3.8) is 0 Å². The predicted molar refractivity (Wildman–Crippen MR) is 132 cm³/mol. The van der Waals surface area contributed by atoms with Crippen molar-refractivity contribution in [1.29, 1.82) is 0 Å². The molecule has 1 atom stereocenters. The highest BCUT2D eigenvalue weighted by Crippen LogP contribution is 2.28. The van der Waals surface area contributed by atoms with Gasteiger partial charge in [0.15, 0.2) is 0 Å². The average Bonchev–Trinajstić information content (AvgIpc) is 2.74. The maximum atomic E-state index is 13.1. The molecule has 4 nitrogen and oxygen atoms in total. The smallest absolute Gasteiger partial charge is 0.242 e. The van der Waals surface area contributed by atoms with Crippen LogP contribution in [0.3, 0.4) is 0 Å². The normalized spacial score (nSPS) is 11.9. The van der Waals surface area contributed by atoms with E-state index in [9.17, 15) is 9.59 Å². The molecule has 168 valence electrons. The van der Waals surface area contributed by atoms with Crippen molar-refractivity contribution in [1.82, 2.24) is 10.2 Å². The number of nitrogens with one attached hydrogen (secondary N) is 1. The summed E-state index contributed by atoms with van der Waals surface area (Å²) in [5, 5.41) is 4.12. The van der Waals surface area contributed by atoms with Crippen LogP contribution in [0.25, 0.3) is 0 Å². The minimum absolute atomic E-state index is 0.0729. The molecular weight excluding hydrogens is 451 g/mol. The summed E-state index contributed by atoms with van der Waals surface area (Å²) in [5.41, 5.74) is 1.95. The van der Waals surface area contributed by atoms with Gasteiger partial charge in [0.1, 0.15) is 6.04 Å². The fourth-order valence-electron chi connectivity index (χ4n) is 3.02. The summed E-state index contributed by atoms with van der Waals surface area (Å²) in [6.45, 7) is 6.93. The van der Waals surface area contributed by atoms with Gasteiger partial charge in [-0.05, 0) is 42.5 Å². The van der Waals surface area contributed by atoms with Crippen LogP contribution >= 0.6 is 35.0 Å². The largest absolute Gasteiger partial charge is 0.354 e. The number of carbonyl (C=O) groups is 2. The second-order valence-corrected chi connectivity index (χ2v) is 9.63. The Morgan fingerprint density at radius 2 is 1.65 bits per heavy atom. The van der Waals surface area contributed by atoms with E-state index < -0.39 is 6.04 Å². The molecule has 0 aliphatic heterocycles. The lowest BCUT2D eigenvalue weighted by molar-refractivity contribution is -0.138. The van der Waals surface area contributed by atoms with Gasteiger partial charge in [0.25, 0.3) is 0 Å². The molecule has 0 heterocycles. The molecule has 0 saturated heterocycles. The first-order valence-corrected chi connectivity index (χ1v) is 12.3. The van der Waals surface area contributed by atoms with E-state index >= 15 is 0 Å². The standard InChI is InChI=1S/C24H30Cl2N2O2S/c1-17(2)14-27-24(30)18(3)28(13-12-19-8-5-4-6-9-19)23(29)16-31-15-20-21(25)10-7-11-22(20)26/h4-11,17-18H,12-16H2,1-3H3,(H,27,30). The second-order valence-electron chi connectivity index (χ2n) is 7.83. The van der Waals surface area contributed by atoms with Crippen molar-refractivity contribution < 1.29 is 9.59 Å². The van der Waals surface area contributed by atoms with E-state index in [2.05, 4.69) is 5.32 Å². The highest BCUT2D eigenvalue weighted by atomic mass is 35.5. The molecule has 2 amide bonds. The van der Waals surface area contributed by atoms with E-state index in [1.54, 1.807) is 30.0 Å². The first-order chi connectivity index (χ1) is 14.8. The topological polar surface area (TPSA) is 49.4 Å². The summed E-state index contributed by atoms with van der Waals surface area (Å²) in [6.07, 6.45) is 0.690. The van der Waals surface area contributed by atoms with Crippen molar-refractivity contribution >= 4 is 46.8 Å². The zero-order valence-electron chi connectivity index (χ0n) is 18.2. The zero-order valence-corrected chi connectivity index (χ0v) is 20.6. The Morgan fingerprint density at radius 3 is 2.26 bits per heavy atom. The van der Waals surface area contributed by atoms with Gasteiger partial charge in [0.2, 0.25) is 11.8 Å². The number of hydrogen-bond acceptors (Lipinski definition) is 3. The maximum absolute atomic E-state index is 13.1. The third-order valence-electron chi connectivity index (χ3n) is 4.87. The minimum Gasteiger partial charge on any atom is -0.354 e. The van der Waals surface area contributed by atoms with Gasteiger partial charge in [-0.3, -0.25) is 9.59 Å². The molecule has 0 aliphatic carbocycles. The average molecular weight is 481 g/mol. The highest BCUT2D eigenvalue weighted by molar-refractivity contribution is 7.99. The molecule has 1 N–H and O–H groups in total. The van der Waals surface area contributed by atoms with E-state index in [-0.39, 0.29) is 17.6 Å². The van der Waals surface area contributed by atoms with Gasteiger partial charge < -0.3 is 10.2 Å². The lowest BCUT2D eigenvalue weighted by Crippen LogP contribution is -2.50. The Balaban J connectivity index is 2.02. The zero-order chi connectivity index (χ0) is 22.8. The summed E-state index contributed by atoms with van der Waals surface area (Å²) in [4.78, 5) is 27.4. The maximum Gasteiger partial charge on any atom is 0.242 e. The van der Waals surface area contributed by atoms with E-state index in [0.29, 0.717) is 41.2 Å². The number of nitrogens with zero attached hydrogens (tertiary/aromatic N) is 1. The van der Waals surface area contributed by atoms with Gasteiger partial charge in [-0.15, -0.1) is 11.8 Å². The summed E-state index contributed by atoms with van der Waals surface area (Å²) >= 11 is 13.9. The Morgan fingerprint density at radius 1 is 1.00 bits per heavy atom. The molecule has 7 heteroatoms. The van der Waals surface area contributed by atoms with Crippen molar-refractivity contribution in [2.24, 2.45) is 5.92 Å². The Hall–Kier alpha value is -1.69. The Labute approximate surface area is 199 Å². The summed E-state index contributed by atoms with van der Waals surface area (Å²) in [5.74, 6) is 0.925. The van der Waals surface area contributed by atoms with Gasteiger partial charge in [0, 0.05) is 28.9 Å². The fourth-order valence-corrected chi connectivity index (χ4v) is 4.66. The fraction of sp³-hybridized carbons (Fsp3) is 0.417. The third-order valence-corrected chi connectivity index (χ3v) is 6.52. The van der Waals surface area contributed by atoms with Crippen LogP contribution in [0.2, 0.25) is 10.0 Å². The lowest BCUT2D eigenvalue weighted by Gasteiger charge is -2.29. The molecule has 2 rings (SSSR count). The number of halogens is 2. The molecule has 0 fully saturated rings. The molecule has 1 unspecified atom stereocenters. The molecule has 2 aromatic rings. The van der Waals surface area contributed by atoms with Crippen LogP contribution in [-0.4, -0.2) is 41.6 Å². The van der Waals surface area contributed by atoms with E-state index in [1.165, 1.54) is 11.8 Å². The molecule has 0 aromatic heterocycles. The van der Waals surface area contributed by atoms with Crippen molar-refractivity contribution in [3.05, 3.63) is 69.7 Å². The summed E-state index contributed by atoms with van der Waals surface area (Å²) < 4.78 is 0. The van der Waals surface area contributed by atoms with Crippen LogP contribution in [0.4, 0.5) is 0 Å². The van der Waals surface area contributed by atoms with Crippen LogP contribution < -0.4 is 5.32 Å². The van der Waals surface area contributed by atoms with Gasteiger partial charge in [-0.1, -0.05) is 73.4 Å². The van der Waals surface area contributed by atoms with Crippen LogP contribution in [0.15, 0.2) is 48.5 Å². The number of rotatable bonds is 11. The first-order valence-electron chi connectivity index (χ1n) is 10.4. The van der Waals surface area contributed by atoms with Crippen LogP contribution in [-0.2, 0) is 21.8 Å². The molecule has 0 radical (unpaired) electrons. The lowest BCUT2D eigenvalue weighted by atomic mass is 10.1. The summed E-state index contributed by atoms with van der Waals surface area (Å²) in [7, 11) is 0. The van der Waals surface area contributed by atoms with Crippen LogP contribution in [0.1, 0.15) is 31.9 Å². The molecule has 0 bridgehead atoms. The first kappa shape index (κ1) is 25.6. The molecule has 2 aromatic carbocycles. The predicted octanol–water partition coefficient (Wildman–Crippen LogP) is 5.46. The Kier molecular flexibility index (Phi) is 10.7. The van der Waals surface area contributed by atoms with Gasteiger partial charge in [-0.25, -0.2) is 0 Å². The number of hydrogen-bond donors (Lipinski definition) is 1. The molecule has 0 aliphatic rings. The van der Waals surface area contributed by atoms with Gasteiger partial charge in [0.05, 0.1) is 5.75 Å². The minimum atomic E-state index is -0.542. The van der Waals surface area contributed by atoms with E-state index in [4.69, 9.17) is 23.2 Å². The van der Waals surface area contributed by atoms with Gasteiger partial charge >= 0.3 is 0 Å². The molecule has 0 spiro atoms. The Bertz CT molecular complexity index is 842. The molecule has 0 saturated carbocycles. The van der Waals surface area contributed by atoms with Gasteiger partial charge in [-0.2, -0.15) is 0 Å². The monoisotopic (exact) mass is 480 g/mol. The summed E-state index contributed by atoms with van der Waals surface area (Å²) in [6, 6.07) is 14.8. The van der Waals surface area contributed by atoms with E-state index in [0.717, 1.165) is 11.1 Å². The number of benzene rings is 2. The number of thioether (sulfide) groups is 1. The second kappa shape index (κ2) is 13.0. The van der Waals surface area contributed by atoms with Crippen molar-refractivity contribution in [2.75, 3.05) is 18.8 Å². The highest BCUT2D eigenvalue weighted by Gasteiger charge is 2.25. The number of amides is 2. The number of carbonyl (C=O) groups excluding carboxylic acids is 2. The van der Waals surface area contributed by atoms with Crippen LogP contribution in [0, 0.1) is 5.92 Å². The van der Waals surface area contributed by atoms with E-state index in [1.807, 2.05) is 44.2 Å². The van der Waals surface area contributed by atoms with Crippen molar-refractivity contribution in [3.8, 4) is 0 Å². The SMILES string of the molecule is CC(C)CNC(=O)C(C)N(CCc1ccccc1)C(=O)CSCc1c(Cl)cccc1Cl. The molecule has 31 heavy (non-hydrogen) atoms. The quantitative estimate of drug-likeness (QED) is 0.464. The van der Waals surface area contributed by atoms with Crippen LogP contribution in [0.5, 0.6) is 0 Å².